The number of benzene rings is 1. The predicted molar refractivity (Wildman–Crippen MR) is 56.4 cm³/mol. The Balaban J connectivity index is 2.31. The minimum absolute atomic E-state index is 0.950. The van der Waals surface area contributed by atoms with Crippen molar-refractivity contribution in [2.75, 3.05) is 6.54 Å². The first-order valence-electron chi connectivity index (χ1n) is 5.06. The number of aryl methyl sites for hydroxylation is 1. The third-order valence-corrected chi connectivity index (χ3v) is 2.86. The van der Waals surface area contributed by atoms with Crippen LogP contribution in [-0.4, -0.2) is 6.54 Å². The molecule has 0 spiro atoms. The molecule has 0 aliphatic carbocycles. The van der Waals surface area contributed by atoms with Crippen molar-refractivity contribution >= 4 is 11.0 Å². The molecule has 1 N–H and O–H groups in total. The van der Waals surface area contributed by atoms with Gasteiger partial charge in [-0.05, 0) is 18.6 Å². The van der Waals surface area contributed by atoms with Crippen molar-refractivity contribution in [2.24, 2.45) is 0 Å². The van der Waals surface area contributed by atoms with Gasteiger partial charge in [0.2, 0.25) is 0 Å². The highest BCUT2D eigenvalue weighted by molar-refractivity contribution is 5.83. The van der Waals surface area contributed by atoms with Gasteiger partial charge in [-0.25, -0.2) is 0 Å². The van der Waals surface area contributed by atoms with Crippen LogP contribution in [0.25, 0.3) is 11.0 Å². The topological polar surface area (TPSA) is 25.2 Å². The molecular formula is C12H13NO. The maximum atomic E-state index is 5.83. The lowest BCUT2D eigenvalue weighted by molar-refractivity contribution is 0.500. The molecule has 2 heteroatoms. The maximum absolute atomic E-state index is 5.83. The molecule has 2 aromatic rings. The van der Waals surface area contributed by atoms with Gasteiger partial charge in [-0.1, -0.05) is 12.1 Å². The van der Waals surface area contributed by atoms with Gasteiger partial charge in [-0.3, -0.25) is 0 Å². The summed E-state index contributed by atoms with van der Waals surface area (Å²) < 4.78 is 5.83. The van der Waals surface area contributed by atoms with Crippen LogP contribution < -0.4 is 5.32 Å². The molecule has 0 saturated heterocycles. The molecule has 0 atom stereocenters. The van der Waals surface area contributed by atoms with Crippen molar-refractivity contribution in [1.82, 2.24) is 5.32 Å². The molecule has 1 aromatic heterocycles. The number of fused-ring (bicyclic) bond motifs is 3. The Morgan fingerprint density at radius 2 is 2.29 bits per heavy atom. The molecule has 0 radical (unpaired) electrons. The van der Waals surface area contributed by atoms with Gasteiger partial charge in [0, 0.05) is 30.5 Å². The van der Waals surface area contributed by atoms with E-state index in [-0.39, 0.29) is 0 Å². The summed E-state index contributed by atoms with van der Waals surface area (Å²) in [5.74, 6) is 1.17. The van der Waals surface area contributed by atoms with Gasteiger partial charge in [-0.15, -0.1) is 0 Å². The van der Waals surface area contributed by atoms with Crippen molar-refractivity contribution in [3.63, 3.8) is 0 Å². The smallest absolute Gasteiger partial charge is 0.134 e. The van der Waals surface area contributed by atoms with Gasteiger partial charge in [0.05, 0.1) is 0 Å². The molecule has 1 aliphatic heterocycles. The van der Waals surface area contributed by atoms with Crippen molar-refractivity contribution < 1.29 is 4.42 Å². The van der Waals surface area contributed by atoms with Crippen LogP contribution in [0.3, 0.4) is 0 Å². The Bertz CT molecular complexity index is 484. The fourth-order valence-electron chi connectivity index (χ4n) is 2.12. The number of furan rings is 1. The molecule has 0 saturated carbocycles. The number of nitrogens with one attached hydrogen (secondary N) is 1. The first kappa shape index (κ1) is 8.06. The molecule has 3 rings (SSSR count). The average molecular weight is 187 g/mol. The van der Waals surface area contributed by atoms with E-state index in [0.29, 0.717) is 0 Å². The standard InChI is InChI=1S/C12H13NO/c1-8-2-3-9-10-7-13-5-4-11(10)14-12(9)6-8/h2-3,6,13H,4-5,7H2,1H3. The Labute approximate surface area is 82.9 Å². The predicted octanol–water partition coefficient (Wildman–Crippen LogP) is 2.39. The van der Waals surface area contributed by atoms with E-state index in [1.807, 2.05) is 0 Å². The van der Waals surface area contributed by atoms with Gasteiger partial charge in [0.15, 0.2) is 0 Å². The quantitative estimate of drug-likeness (QED) is 0.685. The second-order valence-corrected chi connectivity index (χ2v) is 3.93. The zero-order chi connectivity index (χ0) is 9.54. The van der Waals surface area contributed by atoms with E-state index in [1.54, 1.807) is 0 Å². The van der Waals surface area contributed by atoms with Crippen LogP contribution in [0.4, 0.5) is 0 Å². The summed E-state index contributed by atoms with van der Waals surface area (Å²) in [4.78, 5) is 0. The Hall–Kier alpha value is -1.28. The van der Waals surface area contributed by atoms with Crippen LogP contribution in [0.2, 0.25) is 0 Å². The van der Waals surface area contributed by atoms with Crippen LogP contribution in [0.5, 0.6) is 0 Å². The fourth-order valence-corrected chi connectivity index (χ4v) is 2.12. The summed E-state index contributed by atoms with van der Waals surface area (Å²) in [6, 6.07) is 6.43. The minimum atomic E-state index is 0.950. The first-order valence-corrected chi connectivity index (χ1v) is 5.06. The van der Waals surface area contributed by atoms with E-state index < -0.39 is 0 Å². The third-order valence-electron chi connectivity index (χ3n) is 2.86. The minimum Gasteiger partial charge on any atom is -0.461 e. The van der Waals surface area contributed by atoms with Gasteiger partial charge in [0.25, 0.3) is 0 Å². The molecule has 72 valence electrons. The Morgan fingerprint density at radius 3 is 3.21 bits per heavy atom. The van der Waals surface area contributed by atoms with Gasteiger partial charge < -0.3 is 9.73 Å². The molecule has 0 amide bonds. The lowest BCUT2D eigenvalue weighted by Gasteiger charge is -2.10. The highest BCUT2D eigenvalue weighted by Gasteiger charge is 2.16. The first-order chi connectivity index (χ1) is 6.84. The van der Waals surface area contributed by atoms with E-state index in [1.165, 1.54) is 22.3 Å². The molecule has 14 heavy (non-hydrogen) atoms. The van der Waals surface area contributed by atoms with E-state index in [4.69, 9.17) is 4.42 Å². The lowest BCUT2D eigenvalue weighted by atomic mass is 10.1. The van der Waals surface area contributed by atoms with Crippen molar-refractivity contribution in [3.05, 3.63) is 35.1 Å². The zero-order valence-corrected chi connectivity index (χ0v) is 8.26. The monoisotopic (exact) mass is 187 g/mol. The van der Waals surface area contributed by atoms with Crippen molar-refractivity contribution in [2.45, 2.75) is 19.9 Å². The summed E-state index contributed by atoms with van der Waals surface area (Å²) in [6.07, 6.45) is 1.02. The van der Waals surface area contributed by atoms with Crippen LogP contribution in [0, 0.1) is 6.92 Å². The summed E-state index contributed by atoms with van der Waals surface area (Å²) in [5.41, 5.74) is 3.65. The van der Waals surface area contributed by atoms with Crippen molar-refractivity contribution in [3.8, 4) is 0 Å². The summed E-state index contributed by atoms with van der Waals surface area (Å²) in [6.45, 7) is 4.08. The Morgan fingerprint density at radius 1 is 1.36 bits per heavy atom. The lowest BCUT2D eigenvalue weighted by Crippen LogP contribution is -2.22. The Kier molecular flexibility index (Phi) is 1.64. The largest absolute Gasteiger partial charge is 0.461 e. The van der Waals surface area contributed by atoms with Gasteiger partial charge in [-0.2, -0.15) is 0 Å². The number of rotatable bonds is 0. The third kappa shape index (κ3) is 1.07. The van der Waals surface area contributed by atoms with Crippen LogP contribution in [0.15, 0.2) is 22.6 Å². The van der Waals surface area contributed by atoms with Crippen molar-refractivity contribution in [1.29, 1.82) is 0 Å². The molecule has 2 nitrogen and oxygen atoms in total. The van der Waals surface area contributed by atoms with E-state index >= 15 is 0 Å². The molecule has 0 unspecified atom stereocenters. The second kappa shape index (κ2) is 2.85. The van der Waals surface area contributed by atoms with E-state index in [9.17, 15) is 0 Å². The highest BCUT2D eigenvalue weighted by Crippen LogP contribution is 2.28. The molecule has 2 heterocycles. The highest BCUT2D eigenvalue weighted by atomic mass is 16.3. The van der Waals surface area contributed by atoms with Crippen LogP contribution >= 0.6 is 0 Å². The number of hydrogen-bond acceptors (Lipinski definition) is 2. The van der Waals surface area contributed by atoms with E-state index in [0.717, 1.165) is 25.1 Å². The molecule has 0 fully saturated rings. The molecule has 0 bridgehead atoms. The normalized spacial score (nSPS) is 15.8. The SMILES string of the molecule is Cc1ccc2c3c(oc2c1)CCNC3. The summed E-state index contributed by atoms with van der Waals surface area (Å²) in [5, 5.41) is 4.65. The zero-order valence-electron chi connectivity index (χ0n) is 8.26. The molecule has 1 aliphatic rings. The van der Waals surface area contributed by atoms with E-state index in [2.05, 4.69) is 30.4 Å². The van der Waals surface area contributed by atoms with Crippen LogP contribution in [-0.2, 0) is 13.0 Å². The summed E-state index contributed by atoms with van der Waals surface area (Å²) >= 11 is 0. The van der Waals surface area contributed by atoms with Crippen LogP contribution in [0.1, 0.15) is 16.9 Å². The van der Waals surface area contributed by atoms with Gasteiger partial charge in [0.1, 0.15) is 11.3 Å². The maximum Gasteiger partial charge on any atom is 0.134 e. The fraction of sp³-hybridized carbons (Fsp3) is 0.333. The number of hydrogen-bond donors (Lipinski definition) is 1. The average Bonchev–Trinajstić information content (AvgIpc) is 2.54. The van der Waals surface area contributed by atoms with Gasteiger partial charge >= 0.3 is 0 Å². The molecular weight excluding hydrogens is 174 g/mol. The second-order valence-electron chi connectivity index (χ2n) is 3.93. The summed E-state index contributed by atoms with van der Waals surface area (Å²) in [7, 11) is 0. The molecule has 1 aromatic carbocycles.